The molecule has 0 aromatic heterocycles. The van der Waals surface area contributed by atoms with Gasteiger partial charge in [0.15, 0.2) is 6.10 Å². The molecule has 1 unspecified atom stereocenters. The zero-order valence-corrected chi connectivity index (χ0v) is 15.2. The number of nitrogens with one attached hydrogen (secondary N) is 1. The first kappa shape index (κ1) is 19.1. The largest absolute Gasteiger partial charge is 0.508 e. The Bertz CT molecular complexity index is 578. The van der Waals surface area contributed by atoms with E-state index in [2.05, 4.69) is 5.32 Å². The van der Waals surface area contributed by atoms with Crippen LogP contribution >= 0.6 is 0 Å². The number of carbonyl (C=O) groups is 2. The maximum absolute atomic E-state index is 12.5. The average molecular weight is 348 g/mol. The summed E-state index contributed by atoms with van der Waals surface area (Å²) in [5.41, 5.74) is 0. The quantitative estimate of drug-likeness (QED) is 0.827. The number of rotatable bonds is 6. The van der Waals surface area contributed by atoms with Gasteiger partial charge in [-0.15, -0.1) is 0 Å². The summed E-state index contributed by atoms with van der Waals surface area (Å²) in [6, 6.07) is 6.46. The molecule has 0 bridgehead atoms. The van der Waals surface area contributed by atoms with Crippen molar-refractivity contribution in [3.05, 3.63) is 24.3 Å². The second kappa shape index (κ2) is 8.74. The minimum Gasteiger partial charge on any atom is -0.508 e. The zero-order chi connectivity index (χ0) is 18.4. The molecule has 1 aromatic carbocycles. The molecule has 1 fully saturated rings. The summed E-state index contributed by atoms with van der Waals surface area (Å²) in [7, 11) is 0. The maximum atomic E-state index is 12.5. The van der Waals surface area contributed by atoms with E-state index >= 15 is 0 Å². The predicted molar refractivity (Wildman–Crippen MR) is 95.4 cm³/mol. The fraction of sp³-hybridized carbons (Fsp3) is 0.579. The number of aromatic hydroxyl groups is 1. The van der Waals surface area contributed by atoms with E-state index in [1.807, 2.05) is 13.8 Å². The van der Waals surface area contributed by atoms with Gasteiger partial charge in [0.05, 0.1) is 0 Å². The summed E-state index contributed by atoms with van der Waals surface area (Å²) >= 11 is 0. The van der Waals surface area contributed by atoms with Gasteiger partial charge in [-0.3, -0.25) is 9.59 Å². The smallest absolute Gasteiger partial charge is 0.263 e. The number of carbonyl (C=O) groups excluding carboxylic acids is 2. The molecule has 1 atom stereocenters. The van der Waals surface area contributed by atoms with Gasteiger partial charge in [0.1, 0.15) is 11.5 Å². The highest BCUT2D eigenvalue weighted by atomic mass is 16.5. The van der Waals surface area contributed by atoms with Gasteiger partial charge in [-0.1, -0.05) is 13.8 Å². The third kappa shape index (κ3) is 5.96. The van der Waals surface area contributed by atoms with Crippen molar-refractivity contribution in [1.29, 1.82) is 0 Å². The van der Waals surface area contributed by atoms with Crippen LogP contribution in [-0.4, -0.2) is 47.1 Å². The van der Waals surface area contributed by atoms with Crippen molar-refractivity contribution >= 4 is 11.8 Å². The molecule has 138 valence electrons. The fourth-order valence-electron chi connectivity index (χ4n) is 2.94. The number of hydrogen-bond donors (Lipinski definition) is 2. The number of phenolic OH excluding ortho intramolecular Hbond substituents is 1. The van der Waals surface area contributed by atoms with Crippen LogP contribution in [0.5, 0.6) is 11.5 Å². The Balaban J connectivity index is 1.78. The first-order valence-corrected chi connectivity index (χ1v) is 8.89. The van der Waals surface area contributed by atoms with Crippen LogP contribution in [0.3, 0.4) is 0 Å². The Hall–Kier alpha value is -2.24. The lowest BCUT2D eigenvalue weighted by atomic mass is 10.0. The van der Waals surface area contributed by atoms with Crippen LogP contribution in [0.1, 0.15) is 40.0 Å². The first-order valence-electron chi connectivity index (χ1n) is 8.89. The SMILES string of the molecule is CC(C)CC(=O)NC1CCN(C(=O)C(C)Oc2ccc(O)cc2)CC1. The molecule has 2 rings (SSSR count). The van der Waals surface area contributed by atoms with E-state index in [-0.39, 0.29) is 23.6 Å². The molecule has 1 heterocycles. The molecule has 1 aliphatic heterocycles. The van der Waals surface area contributed by atoms with Crippen molar-refractivity contribution in [3.63, 3.8) is 0 Å². The summed E-state index contributed by atoms with van der Waals surface area (Å²) in [6.07, 6.45) is 1.48. The Morgan fingerprint density at radius 2 is 1.80 bits per heavy atom. The van der Waals surface area contributed by atoms with Gasteiger partial charge in [-0.05, 0) is 49.9 Å². The molecule has 1 aliphatic rings. The van der Waals surface area contributed by atoms with Crippen LogP contribution in [0, 0.1) is 5.92 Å². The van der Waals surface area contributed by atoms with E-state index in [4.69, 9.17) is 4.74 Å². The van der Waals surface area contributed by atoms with Crippen molar-refractivity contribution < 1.29 is 19.4 Å². The lowest BCUT2D eigenvalue weighted by molar-refractivity contribution is -0.139. The van der Waals surface area contributed by atoms with E-state index in [0.29, 0.717) is 31.2 Å². The summed E-state index contributed by atoms with van der Waals surface area (Å²) in [5.74, 6) is 1.09. The molecule has 2 amide bonds. The summed E-state index contributed by atoms with van der Waals surface area (Å²) in [6.45, 7) is 7.02. The zero-order valence-electron chi connectivity index (χ0n) is 15.2. The van der Waals surface area contributed by atoms with Crippen molar-refractivity contribution in [3.8, 4) is 11.5 Å². The number of hydrogen-bond acceptors (Lipinski definition) is 4. The molecule has 25 heavy (non-hydrogen) atoms. The Morgan fingerprint density at radius 3 is 2.36 bits per heavy atom. The van der Waals surface area contributed by atoms with E-state index in [1.165, 1.54) is 12.1 Å². The molecule has 2 N–H and O–H groups in total. The maximum Gasteiger partial charge on any atom is 0.263 e. The van der Waals surface area contributed by atoms with E-state index in [0.717, 1.165) is 12.8 Å². The number of likely N-dealkylation sites (tertiary alicyclic amines) is 1. The Morgan fingerprint density at radius 1 is 1.20 bits per heavy atom. The average Bonchev–Trinajstić information content (AvgIpc) is 2.56. The van der Waals surface area contributed by atoms with Gasteiger partial charge in [0, 0.05) is 25.6 Å². The highest BCUT2D eigenvalue weighted by Crippen LogP contribution is 2.19. The summed E-state index contributed by atoms with van der Waals surface area (Å²) < 4.78 is 5.65. The fourth-order valence-corrected chi connectivity index (χ4v) is 2.94. The molecule has 1 aromatic rings. The highest BCUT2D eigenvalue weighted by Gasteiger charge is 2.27. The van der Waals surface area contributed by atoms with Gasteiger partial charge in [0.2, 0.25) is 5.91 Å². The number of piperidine rings is 1. The molecule has 6 heteroatoms. The van der Waals surface area contributed by atoms with Gasteiger partial charge in [0.25, 0.3) is 5.91 Å². The molecule has 1 saturated heterocycles. The minimum absolute atomic E-state index is 0.0555. The normalized spacial score (nSPS) is 16.6. The Labute approximate surface area is 149 Å². The molecule has 0 aliphatic carbocycles. The number of amides is 2. The van der Waals surface area contributed by atoms with Crippen LogP contribution in [0.15, 0.2) is 24.3 Å². The van der Waals surface area contributed by atoms with Crippen LogP contribution < -0.4 is 10.1 Å². The number of ether oxygens (including phenoxy) is 1. The van der Waals surface area contributed by atoms with Crippen molar-refractivity contribution in [2.45, 2.75) is 52.2 Å². The van der Waals surface area contributed by atoms with E-state index in [9.17, 15) is 14.7 Å². The molecule has 0 radical (unpaired) electrons. The second-order valence-electron chi connectivity index (χ2n) is 7.02. The molecule has 0 saturated carbocycles. The third-order valence-electron chi connectivity index (χ3n) is 4.26. The molecule has 6 nitrogen and oxygen atoms in total. The van der Waals surface area contributed by atoms with Crippen LogP contribution in [0.2, 0.25) is 0 Å². The third-order valence-corrected chi connectivity index (χ3v) is 4.26. The Kier molecular flexibility index (Phi) is 6.67. The van der Waals surface area contributed by atoms with Gasteiger partial charge in [-0.2, -0.15) is 0 Å². The molecule has 0 spiro atoms. The minimum atomic E-state index is -0.586. The molecular weight excluding hydrogens is 320 g/mol. The van der Waals surface area contributed by atoms with Crippen molar-refractivity contribution in [2.24, 2.45) is 5.92 Å². The lowest BCUT2D eigenvalue weighted by Crippen LogP contribution is -2.49. The summed E-state index contributed by atoms with van der Waals surface area (Å²) in [5, 5.41) is 12.3. The second-order valence-corrected chi connectivity index (χ2v) is 7.02. The topological polar surface area (TPSA) is 78.9 Å². The first-order chi connectivity index (χ1) is 11.8. The van der Waals surface area contributed by atoms with Gasteiger partial charge >= 0.3 is 0 Å². The van der Waals surface area contributed by atoms with Gasteiger partial charge in [-0.25, -0.2) is 0 Å². The van der Waals surface area contributed by atoms with Crippen LogP contribution in [0.25, 0.3) is 0 Å². The van der Waals surface area contributed by atoms with Crippen molar-refractivity contribution in [1.82, 2.24) is 10.2 Å². The number of benzene rings is 1. The predicted octanol–water partition coefficient (Wildman–Crippen LogP) is 2.31. The van der Waals surface area contributed by atoms with Crippen LogP contribution in [0.4, 0.5) is 0 Å². The molecular formula is C19H28N2O4. The van der Waals surface area contributed by atoms with E-state index in [1.54, 1.807) is 24.0 Å². The number of nitrogens with zero attached hydrogens (tertiary/aromatic N) is 1. The van der Waals surface area contributed by atoms with Gasteiger partial charge < -0.3 is 20.1 Å². The van der Waals surface area contributed by atoms with Crippen molar-refractivity contribution in [2.75, 3.05) is 13.1 Å². The standard InChI is InChI=1S/C19H28N2O4/c1-13(2)12-18(23)20-15-8-10-21(11-9-15)19(24)14(3)25-17-6-4-16(22)5-7-17/h4-7,13-15,22H,8-12H2,1-3H3,(H,20,23). The lowest BCUT2D eigenvalue weighted by Gasteiger charge is -2.34. The number of phenols is 1. The summed E-state index contributed by atoms with van der Waals surface area (Å²) in [4.78, 5) is 26.1. The van der Waals surface area contributed by atoms with Crippen LogP contribution in [-0.2, 0) is 9.59 Å². The van der Waals surface area contributed by atoms with E-state index < -0.39 is 6.10 Å². The monoisotopic (exact) mass is 348 g/mol. The highest BCUT2D eigenvalue weighted by molar-refractivity contribution is 5.81.